The molecule has 0 spiro atoms. The van der Waals surface area contributed by atoms with E-state index in [2.05, 4.69) is 16.1 Å². The van der Waals surface area contributed by atoms with Crippen LogP contribution < -0.4 is 0 Å². The van der Waals surface area contributed by atoms with Crippen molar-refractivity contribution in [3.63, 3.8) is 0 Å². The van der Waals surface area contributed by atoms with Crippen LogP contribution in [0.25, 0.3) is 0 Å². The van der Waals surface area contributed by atoms with Gasteiger partial charge in [-0.1, -0.05) is 19.1 Å². The molecule has 0 N–H and O–H groups in total. The minimum Gasteiger partial charge on any atom is -0.468 e. The lowest BCUT2D eigenvalue weighted by molar-refractivity contribution is -0.168. The summed E-state index contributed by atoms with van der Waals surface area (Å²) in [5, 5.41) is 0. The van der Waals surface area contributed by atoms with Crippen LogP contribution in [0.2, 0.25) is 0 Å². The molecule has 1 aliphatic carbocycles. The van der Waals surface area contributed by atoms with E-state index in [1.54, 1.807) is 0 Å². The molecule has 1 rings (SSSR count). The topological polar surface area (TPSA) is 52.6 Å². The molecule has 0 bridgehead atoms. The molecule has 4 heteroatoms. The number of methoxy groups -OCH3 is 2. The average Bonchev–Trinajstić information content (AvgIpc) is 2.54. The van der Waals surface area contributed by atoms with E-state index >= 15 is 0 Å². The van der Waals surface area contributed by atoms with Gasteiger partial charge in [-0.25, -0.2) is 0 Å². The highest BCUT2D eigenvalue weighted by Crippen LogP contribution is 2.46. The van der Waals surface area contributed by atoms with Crippen LogP contribution in [-0.4, -0.2) is 26.2 Å². The van der Waals surface area contributed by atoms with Gasteiger partial charge in [-0.05, 0) is 18.8 Å². The second-order valence-electron chi connectivity index (χ2n) is 4.01. The monoisotopic (exact) mass is 212 g/mol. The molecule has 0 aromatic heterocycles. The van der Waals surface area contributed by atoms with Gasteiger partial charge in [0.25, 0.3) is 0 Å². The van der Waals surface area contributed by atoms with Crippen LogP contribution in [0, 0.1) is 11.3 Å². The minimum atomic E-state index is -1.17. The molecule has 15 heavy (non-hydrogen) atoms. The van der Waals surface area contributed by atoms with E-state index in [0.29, 0.717) is 12.8 Å². The summed E-state index contributed by atoms with van der Waals surface area (Å²) in [5.74, 6) is -0.914. The molecule has 1 atom stereocenters. The number of hydrogen-bond donors (Lipinski definition) is 0. The third-order valence-corrected chi connectivity index (χ3v) is 3.03. The molecular formula is C11H16O4. The zero-order valence-electron chi connectivity index (χ0n) is 9.33. The fourth-order valence-corrected chi connectivity index (χ4v) is 2.09. The van der Waals surface area contributed by atoms with Gasteiger partial charge in [0.1, 0.15) is 0 Å². The van der Waals surface area contributed by atoms with Crippen molar-refractivity contribution in [3.8, 4) is 0 Å². The number of rotatable bonds is 2. The van der Waals surface area contributed by atoms with Crippen LogP contribution in [0.1, 0.15) is 19.8 Å². The fraction of sp³-hybridized carbons (Fsp3) is 0.636. The normalized spacial score (nSPS) is 23.7. The predicted octanol–water partition coefficient (Wildman–Crippen LogP) is 1.30. The first-order valence-corrected chi connectivity index (χ1v) is 4.82. The van der Waals surface area contributed by atoms with Gasteiger partial charge in [0.15, 0.2) is 5.41 Å². The SMILES string of the molecule is C=C1CC(C(=O)OC)(C(=O)OC)C[C@H]1C. The number of ether oxygens (including phenoxy) is 2. The molecule has 0 radical (unpaired) electrons. The number of carbonyl (C=O) groups is 2. The summed E-state index contributed by atoms with van der Waals surface area (Å²) < 4.78 is 9.35. The van der Waals surface area contributed by atoms with E-state index in [1.165, 1.54) is 14.2 Å². The average molecular weight is 212 g/mol. The van der Waals surface area contributed by atoms with Gasteiger partial charge in [0.05, 0.1) is 14.2 Å². The zero-order chi connectivity index (χ0) is 11.6. The van der Waals surface area contributed by atoms with Crippen LogP contribution in [-0.2, 0) is 19.1 Å². The van der Waals surface area contributed by atoms with Gasteiger partial charge < -0.3 is 9.47 Å². The van der Waals surface area contributed by atoms with E-state index in [4.69, 9.17) is 0 Å². The van der Waals surface area contributed by atoms with Crippen molar-refractivity contribution in [1.82, 2.24) is 0 Å². The lowest BCUT2D eigenvalue weighted by Crippen LogP contribution is -2.39. The first-order valence-electron chi connectivity index (χ1n) is 4.82. The second kappa shape index (κ2) is 4.04. The Labute approximate surface area is 89.2 Å². The third kappa shape index (κ3) is 1.76. The third-order valence-electron chi connectivity index (χ3n) is 3.03. The summed E-state index contributed by atoms with van der Waals surface area (Å²) in [6.07, 6.45) is 0.749. The van der Waals surface area contributed by atoms with E-state index in [-0.39, 0.29) is 5.92 Å². The summed E-state index contributed by atoms with van der Waals surface area (Å²) in [4.78, 5) is 23.3. The predicted molar refractivity (Wildman–Crippen MR) is 54.0 cm³/mol. The quantitative estimate of drug-likeness (QED) is 0.393. The molecule has 0 aliphatic heterocycles. The van der Waals surface area contributed by atoms with Crippen LogP contribution >= 0.6 is 0 Å². The minimum absolute atomic E-state index is 0.142. The highest BCUT2D eigenvalue weighted by Gasteiger charge is 2.53. The van der Waals surface area contributed by atoms with Gasteiger partial charge in [0, 0.05) is 0 Å². The van der Waals surface area contributed by atoms with Gasteiger partial charge in [0.2, 0.25) is 0 Å². The van der Waals surface area contributed by atoms with Gasteiger partial charge in [-0.2, -0.15) is 0 Å². The van der Waals surface area contributed by atoms with Crippen LogP contribution in [0.4, 0.5) is 0 Å². The maximum atomic E-state index is 11.7. The van der Waals surface area contributed by atoms with E-state index in [0.717, 1.165) is 5.57 Å². The van der Waals surface area contributed by atoms with Crippen LogP contribution in [0.5, 0.6) is 0 Å². The van der Waals surface area contributed by atoms with Crippen molar-refractivity contribution in [2.45, 2.75) is 19.8 Å². The highest BCUT2D eigenvalue weighted by molar-refractivity contribution is 6.01. The Morgan fingerprint density at radius 3 is 2.07 bits per heavy atom. The van der Waals surface area contributed by atoms with Crippen molar-refractivity contribution >= 4 is 11.9 Å². The van der Waals surface area contributed by atoms with Crippen molar-refractivity contribution in [3.05, 3.63) is 12.2 Å². The number of allylic oxidation sites excluding steroid dienone is 1. The van der Waals surface area contributed by atoms with Crippen LogP contribution in [0.15, 0.2) is 12.2 Å². The molecule has 4 nitrogen and oxygen atoms in total. The van der Waals surface area contributed by atoms with E-state index < -0.39 is 17.4 Å². The lowest BCUT2D eigenvalue weighted by Gasteiger charge is -2.22. The molecule has 0 aromatic carbocycles. The van der Waals surface area contributed by atoms with Crippen molar-refractivity contribution in [1.29, 1.82) is 0 Å². The molecule has 0 heterocycles. The maximum Gasteiger partial charge on any atom is 0.323 e. The van der Waals surface area contributed by atoms with Crippen molar-refractivity contribution < 1.29 is 19.1 Å². The van der Waals surface area contributed by atoms with Crippen molar-refractivity contribution in [2.24, 2.45) is 11.3 Å². The van der Waals surface area contributed by atoms with Crippen molar-refractivity contribution in [2.75, 3.05) is 14.2 Å². The smallest absolute Gasteiger partial charge is 0.323 e. The summed E-state index contributed by atoms with van der Waals surface area (Å²) in [6, 6.07) is 0. The Balaban J connectivity index is 3.04. The Morgan fingerprint density at radius 1 is 1.33 bits per heavy atom. The summed E-state index contributed by atoms with van der Waals surface area (Å²) >= 11 is 0. The summed E-state index contributed by atoms with van der Waals surface area (Å²) in [5.41, 5.74) is -0.272. The lowest BCUT2D eigenvalue weighted by atomic mass is 9.85. The Kier molecular flexibility index (Phi) is 3.17. The number of carbonyl (C=O) groups excluding carboxylic acids is 2. The standard InChI is InChI=1S/C11H16O4/c1-7-5-11(6-8(7)2,9(12)14-3)10(13)15-4/h8H,1,5-6H2,2-4H3/t8-/m1/s1. The summed E-state index contributed by atoms with van der Waals surface area (Å²) in [6.45, 7) is 5.79. The van der Waals surface area contributed by atoms with E-state index in [9.17, 15) is 9.59 Å². The Morgan fingerprint density at radius 2 is 1.80 bits per heavy atom. The van der Waals surface area contributed by atoms with E-state index in [1.807, 2.05) is 6.92 Å². The van der Waals surface area contributed by atoms with Gasteiger partial charge in [-0.15, -0.1) is 0 Å². The Bertz CT molecular complexity index is 290. The molecule has 0 amide bonds. The highest BCUT2D eigenvalue weighted by atomic mass is 16.5. The fourth-order valence-electron chi connectivity index (χ4n) is 2.09. The first kappa shape index (κ1) is 11.8. The second-order valence-corrected chi connectivity index (χ2v) is 4.01. The molecular weight excluding hydrogens is 196 g/mol. The van der Waals surface area contributed by atoms with Gasteiger partial charge >= 0.3 is 11.9 Å². The molecule has 1 aliphatic rings. The molecule has 0 aromatic rings. The summed E-state index contributed by atoms with van der Waals surface area (Å²) in [7, 11) is 2.55. The van der Waals surface area contributed by atoms with Crippen LogP contribution in [0.3, 0.4) is 0 Å². The molecule has 0 unspecified atom stereocenters. The number of hydrogen-bond acceptors (Lipinski definition) is 4. The molecule has 1 fully saturated rings. The first-order chi connectivity index (χ1) is 6.97. The molecule has 84 valence electrons. The molecule has 1 saturated carbocycles. The Hall–Kier alpha value is -1.32. The largest absolute Gasteiger partial charge is 0.468 e. The van der Waals surface area contributed by atoms with Gasteiger partial charge in [-0.3, -0.25) is 9.59 Å². The molecule has 0 saturated heterocycles. The number of esters is 2. The zero-order valence-corrected chi connectivity index (χ0v) is 9.33. The maximum absolute atomic E-state index is 11.7.